The molecule has 0 aliphatic carbocycles. The van der Waals surface area contributed by atoms with Crippen molar-refractivity contribution in [3.05, 3.63) is 58.7 Å². The Bertz CT molecular complexity index is 921. The van der Waals surface area contributed by atoms with E-state index in [2.05, 4.69) is 10.0 Å². The van der Waals surface area contributed by atoms with E-state index in [1.165, 1.54) is 6.07 Å². The van der Waals surface area contributed by atoms with E-state index in [1.807, 2.05) is 39.8 Å². The highest BCUT2D eigenvalue weighted by atomic mass is 32.2. The Morgan fingerprint density at radius 3 is 2.35 bits per heavy atom. The van der Waals surface area contributed by atoms with E-state index >= 15 is 0 Å². The average molecular weight is 375 g/mol. The van der Waals surface area contributed by atoms with E-state index in [4.69, 9.17) is 0 Å². The zero-order chi connectivity index (χ0) is 19.5. The fraction of sp³-hybridized carbons (Fsp3) is 0.350. The van der Waals surface area contributed by atoms with Crippen molar-refractivity contribution in [2.24, 2.45) is 0 Å². The Hall–Kier alpha value is -2.34. The number of benzene rings is 2. The maximum atomic E-state index is 12.9. The molecule has 2 N–H and O–H groups in total. The first-order valence-electron chi connectivity index (χ1n) is 8.65. The molecule has 0 aliphatic rings. The van der Waals surface area contributed by atoms with Crippen LogP contribution in [-0.4, -0.2) is 20.4 Å². The van der Waals surface area contributed by atoms with Crippen molar-refractivity contribution < 1.29 is 13.2 Å². The van der Waals surface area contributed by atoms with Crippen LogP contribution in [-0.2, 0) is 10.0 Å². The lowest BCUT2D eigenvalue weighted by atomic mass is 10.1. The van der Waals surface area contributed by atoms with Gasteiger partial charge in [0.2, 0.25) is 0 Å². The topological polar surface area (TPSA) is 75.3 Å². The second-order valence-corrected chi connectivity index (χ2v) is 8.34. The quantitative estimate of drug-likeness (QED) is 0.804. The largest absolute Gasteiger partial charge is 0.350 e. The van der Waals surface area contributed by atoms with Crippen LogP contribution in [0.5, 0.6) is 0 Å². The Morgan fingerprint density at radius 2 is 1.73 bits per heavy atom. The molecule has 0 radical (unpaired) electrons. The van der Waals surface area contributed by atoms with E-state index < -0.39 is 10.0 Å². The number of hydrogen-bond donors (Lipinski definition) is 2. The minimum Gasteiger partial charge on any atom is -0.350 e. The maximum absolute atomic E-state index is 12.9. The van der Waals surface area contributed by atoms with Gasteiger partial charge in [-0.25, -0.2) is 8.42 Å². The molecule has 0 saturated heterocycles. The predicted octanol–water partition coefficient (Wildman–Crippen LogP) is 3.94. The molecule has 0 aromatic heterocycles. The van der Waals surface area contributed by atoms with Gasteiger partial charge in [-0.3, -0.25) is 9.52 Å². The third-order valence-corrected chi connectivity index (χ3v) is 5.86. The molecule has 6 heteroatoms. The Balaban J connectivity index is 2.36. The summed E-state index contributed by atoms with van der Waals surface area (Å²) in [5, 5.41) is 2.85. The van der Waals surface area contributed by atoms with Gasteiger partial charge < -0.3 is 5.32 Å². The Labute approximate surface area is 155 Å². The third-order valence-electron chi connectivity index (χ3n) is 4.36. The number of carbonyl (C=O) groups is 1. The number of nitrogens with one attached hydrogen (secondary N) is 2. The van der Waals surface area contributed by atoms with Crippen LogP contribution < -0.4 is 10.0 Å². The summed E-state index contributed by atoms with van der Waals surface area (Å²) in [5.74, 6) is -0.276. The van der Waals surface area contributed by atoms with Gasteiger partial charge in [0.05, 0.1) is 10.6 Å². The highest BCUT2D eigenvalue weighted by Gasteiger charge is 2.20. The number of carbonyl (C=O) groups excluding carboxylic acids is 1. The lowest BCUT2D eigenvalue weighted by Gasteiger charge is -2.15. The first-order chi connectivity index (χ1) is 12.1. The van der Waals surface area contributed by atoms with Crippen molar-refractivity contribution in [3.8, 4) is 0 Å². The van der Waals surface area contributed by atoms with Crippen molar-refractivity contribution in [1.82, 2.24) is 5.32 Å². The minimum atomic E-state index is -3.80. The standard InChI is InChI=1S/C20H26N2O3S/c1-6-16(5)21-20(23)17-9-8-14(3)19(12-17)26(24,25)22-18-10-7-13(2)11-15(18)4/h7-12,16,22H,6H2,1-5H3,(H,21,23)/t16-/m1/s1. The fourth-order valence-corrected chi connectivity index (χ4v) is 3.97. The fourth-order valence-electron chi connectivity index (χ4n) is 2.57. The Kier molecular flexibility index (Phi) is 6.08. The van der Waals surface area contributed by atoms with Crippen molar-refractivity contribution in [3.63, 3.8) is 0 Å². The molecule has 0 bridgehead atoms. The number of aryl methyl sites for hydroxylation is 3. The summed E-state index contributed by atoms with van der Waals surface area (Å²) in [6.07, 6.45) is 0.803. The second-order valence-electron chi connectivity index (χ2n) is 6.69. The van der Waals surface area contributed by atoms with Crippen LogP contribution in [0, 0.1) is 20.8 Å². The van der Waals surface area contributed by atoms with E-state index in [1.54, 1.807) is 25.1 Å². The maximum Gasteiger partial charge on any atom is 0.262 e. The van der Waals surface area contributed by atoms with Gasteiger partial charge in [-0.1, -0.05) is 30.7 Å². The van der Waals surface area contributed by atoms with Crippen LogP contribution in [0.1, 0.15) is 47.3 Å². The van der Waals surface area contributed by atoms with Crippen LogP contribution >= 0.6 is 0 Å². The molecule has 2 aromatic carbocycles. The van der Waals surface area contributed by atoms with Crippen molar-refractivity contribution in [2.75, 3.05) is 4.72 Å². The van der Waals surface area contributed by atoms with Gasteiger partial charge in [0.15, 0.2) is 0 Å². The molecule has 140 valence electrons. The molecule has 0 heterocycles. The van der Waals surface area contributed by atoms with Crippen molar-refractivity contribution in [2.45, 2.75) is 52.0 Å². The monoisotopic (exact) mass is 374 g/mol. The van der Waals surface area contributed by atoms with Gasteiger partial charge >= 0.3 is 0 Å². The van der Waals surface area contributed by atoms with Crippen molar-refractivity contribution >= 4 is 21.6 Å². The molecular weight excluding hydrogens is 348 g/mol. The van der Waals surface area contributed by atoms with E-state index in [0.717, 1.165) is 17.5 Å². The molecule has 0 saturated carbocycles. The zero-order valence-electron chi connectivity index (χ0n) is 15.9. The van der Waals surface area contributed by atoms with Crippen molar-refractivity contribution in [1.29, 1.82) is 0 Å². The molecule has 1 atom stereocenters. The first-order valence-corrected chi connectivity index (χ1v) is 10.1. The van der Waals surface area contributed by atoms with E-state index in [9.17, 15) is 13.2 Å². The van der Waals surface area contributed by atoms with Crippen LogP contribution in [0.2, 0.25) is 0 Å². The van der Waals surface area contributed by atoms with E-state index in [0.29, 0.717) is 16.8 Å². The average Bonchev–Trinajstić information content (AvgIpc) is 2.57. The normalized spacial score (nSPS) is 12.5. The van der Waals surface area contributed by atoms with Crippen LogP contribution in [0.15, 0.2) is 41.3 Å². The molecular formula is C20H26N2O3S. The predicted molar refractivity (Wildman–Crippen MR) is 105 cm³/mol. The summed E-state index contributed by atoms with van der Waals surface area (Å²) < 4.78 is 28.4. The van der Waals surface area contributed by atoms with Gasteiger partial charge in [-0.05, 0) is 63.4 Å². The third kappa shape index (κ3) is 4.64. The molecule has 5 nitrogen and oxygen atoms in total. The van der Waals surface area contributed by atoms with Gasteiger partial charge in [-0.15, -0.1) is 0 Å². The summed E-state index contributed by atoms with van der Waals surface area (Å²) in [7, 11) is -3.80. The molecule has 0 fully saturated rings. The van der Waals surface area contributed by atoms with Gasteiger partial charge in [-0.2, -0.15) is 0 Å². The number of sulfonamides is 1. The number of hydrogen-bond acceptors (Lipinski definition) is 3. The summed E-state index contributed by atoms with van der Waals surface area (Å²) >= 11 is 0. The summed E-state index contributed by atoms with van der Waals surface area (Å²) in [4.78, 5) is 12.4. The van der Waals surface area contributed by atoms with Gasteiger partial charge in [0, 0.05) is 11.6 Å². The molecule has 1 amide bonds. The lowest BCUT2D eigenvalue weighted by Crippen LogP contribution is -2.32. The highest BCUT2D eigenvalue weighted by molar-refractivity contribution is 7.92. The van der Waals surface area contributed by atoms with Crippen LogP contribution in [0.3, 0.4) is 0 Å². The minimum absolute atomic E-state index is 0.0252. The Morgan fingerprint density at radius 1 is 1.04 bits per heavy atom. The first kappa shape index (κ1) is 20.0. The molecule has 0 unspecified atom stereocenters. The molecule has 0 aliphatic heterocycles. The number of rotatable bonds is 6. The highest BCUT2D eigenvalue weighted by Crippen LogP contribution is 2.23. The lowest BCUT2D eigenvalue weighted by molar-refractivity contribution is 0.0939. The SMILES string of the molecule is CC[C@@H](C)NC(=O)c1ccc(C)c(S(=O)(=O)Nc2ccc(C)cc2C)c1. The summed E-state index contributed by atoms with van der Waals surface area (Å²) in [5.41, 5.74) is 3.35. The smallest absolute Gasteiger partial charge is 0.262 e. The number of amides is 1. The molecule has 2 rings (SSSR count). The van der Waals surface area contributed by atoms with Crippen LogP contribution in [0.25, 0.3) is 0 Å². The number of anilines is 1. The van der Waals surface area contributed by atoms with Gasteiger partial charge in [0.1, 0.15) is 0 Å². The second kappa shape index (κ2) is 7.91. The molecule has 2 aromatic rings. The van der Waals surface area contributed by atoms with Gasteiger partial charge in [0.25, 0.3) is 15.9 Å². The molecule has 0 spiro atoms. The summed E-state index contributed by atoms with van der Waals surface area (Å²) in [6.45, 7) is 9.41. The van der Waals surface area contributed by atoms with Crippen LogP contribution in [0.4, 0.5) is 5.69 Å². The summed E-state index contributed by atoms with van der Waals surface area (Å²) in [6, 6.07) is 10.3. The molecule has 26 heavy (non-hydrogen) atoms. The zero-order valence-corrected chi connectivity index (χ0v) is 16.7. The van der Waals surface area contributed by atoms with E-state index in [-0.39, 0.29) is 16.8 Å².